The van der Waals surface area contributed by atoms with Crippen LogP contribution in [0, 0.1) is 0 Å². The zero-order chi connectivity index (χ0) is 19.1. The van der Waals surface area contributed by atoms with Gasteiger partial charge >= 0.3 is 11.8 Å². The van der Waals surface area contributed by atoms with Gasteiger partial charge in [-0.05, 0) is 53.3 Å². The molecule has 1 unspecified atom stereocenters. The molecule has 0 saturated carbocycles. The van der Waals surface area contributed by atoms with Crippen molar-refractivity contribution in [2.75, 3.05) is 31.7 Å². The number of nitrogens with one attached hydrogen (secondary N) is 2. The van der Waals surface area contributed by atoms with Crippen molar-refractivity contribution >= 4 is 28.8 Å². The van der Waals surface area contributed by atoms with Crippen LogP contribution in [0.3, 0.4) is 0 Å². The van der Waals surface area contributed by atoms with Gasteiger partial charge in [-0.25, -0.2) is 0 Å². The smallest absolute Gasteiger partial charge is 0.313 e. The van der Waals surface area contributed by atoms with Crippen molar-refractivity contribution in [1.82, 2.24) is 5.32 Å². The highest BCUT2D eigenvalue weighted by Crippen LogP contribution is 2.32. The number of carbonyl (C=O) groups is 2. The van der Waals surface area contributed by atoms with Crippen LogP contribution in [-0.2, 0) is 9.59 Å². The number of benzene rings is 1. The first-order chi connectivity index (χ1) is 13.2. The number of carbonyl (C=O) groups excluding carboxylic acids is 2. The lowest BCUT2D eigenvalue weighted by Crippen LogP contribution is -2.36. The Morgan fingerprint density at radius 2 is 1.93 bits per heavy atom. The van der Waals surface area contributed by atoms with Crippen LogP contribution in [-0.4, -0.2) is 43.3 Å². The second kappa shape index (κ2) is 9.38. The molecule has 7 nitrogen and oxygen atoms in total. The van der Waals surface area contributed by atoms with Crippen molar-refractivity contribution in [3.8, 4) is 11.5 Å². The number of hydrogen-bond acceptors (Lipinski definition) is 6. The van der Waals surface area contributed by atoms with Gasteiger partial charge in [0.1, 0.15) is 13.2 Å². The minimum Gasteiger partial charge on any atom is -0.486 e. The molecule has 3 rings (SSSR count). The highest BCUT2D eigenvalue weighted by molar-refractivity contribution is 7.08. The first kappa shape index (κ1) is 19.2. The summed E-state index contributed by atoms with van der Waals surface area (Å²) in [5.41, 5.74) is 1.61. The summed E-state index contributed by atoms with van der Waals surface area (Å²) in [6.45, 7) is 1.38. The summed E-state index contributed by atoms with van der Waals surface area (Å²) >= 11 is 1.60. The van der Waals surface area contributed by atoms with E-state index in [4.69, 9.17) is 9.47 Å². The Morgan fingerprint density at radius 1 is 1.11 bits per heavy atom. The highest BCUT2D eigenvalue weighted by Gasteiger charge is 2.17. The summed E-state index contributed by atoms with van der Waals surface area (Å²) in [7, 11) is 0. The maximum atomic E-state index is 12.1. The van der Waals surface area contributed by atoms with E-state index < -0.39 is 11.8 Å². The molecule has 144 valence electrons. The molecular formula is C19H22N2O5S. The quantitative estimate of drug-likeness (QED) is 0.630. The van der Waals surface area contributed by atoms with E-state index >= 15 is 0 Å². The standard InChI is InChI=1S/C19H22N2O5S/c22-7-4-13(14-5-10-27-12-14)3-6-20-18(23)19(24)21-15-1-2-16-17(11-15)26-9-8-25-16/h1-2,5,10-13,22H,3-4,6-9H2,(H,20,23)(H,21,24). The normalized spacial score (nSPS) is 13.7. The molecule has 0 radical (unpaired) electrons. The van der Waals surface area contributed by atoms with Gasteiger partial charge in [0.05, 0.1) is 0 Å². The van der Waals surface area contributed by atoms with E-state index in [-0.39, 0.29) is 12.5 Å². The number of rotatable bonds is 7. The largest absolute Gasteiger partial charge is 0.486 e. The predicted molar refractivity (Wildman–Crippen MR) is 102 cm³/mol. The number of thiophene rings is 1. The molecular weight excluding hydrogens is 368 g/mol. The molecule has 0 bridgehead atoms. The van der Waals surface area contributed by atoms with Gasteiger partial charge in [0.15, 0.2) is 11.5 Å². The average molecular weight is 390 g/mol. The van der Waals surface area contributed by atoms with E-state index in [1.165, 1.54) is 0 Å². The fourth-order valence-corrected chi connectivity index (χ4v) is 3.63. The maximum Gasteiger partial charge on any atom is 0.313 e. The van der Waals surface area contributed by atoms with Crippen LogP contribution in [0.25, 0.3) is 0 Å². The molecule has 8 heteroatoms. The van der Waals surface area contributed by atoms with E-state index in [1.54, 1.807) is 29.5 Å². The number of aliphatic hydroxyl groups excluding tert-OH is 1. The van der Waals surface area contributed by atoms with E-state index in [2.05, 4.69) is 10.6 Å². The zero-order valence-electron chi connectivity index (χ0n) is 14.8. The summed E-state index contributed by atoms with van der Waals surface area (Å²) in [5.74, 6) is -0.115. The predicted octanol–water partition coefficient (Wildman–Crippen LogP) is 2.13. The SMILES string of the molecule is O=C(NCCC(CCO)c1ccsc1)C(=O)Nc1ccc2c(c1)OCCO2. The summed E-state index contributed by atoms with van der Waals surface area (Å²) in [6, 6.07) is 7.00. The summed E-state index contributed by atoms with van der Waals surface area (Å²) in [6.07, 6.45) is 1.27. The molecule has 0 aliphatic carbocycles. The van der Waals surface area contributed by atoms with Crippen molar-refractivity contribution in [3.63, 3.8) is 0 Å². The van der Waals surface area contributed by atoms with Gasteiger partial charge in [-0.3, -0.25) is 9.59 Å². The third-order valence-electron chi connectivity index (χ3n) is 4.28. The number of amides is 2. The molecule has 1 aromatic carbocycles. The average Bonchev–Trinajstić information content (AvgIpc) is 3.21. The lowest BCUT2D eigenvalue weighted by atomic mass is 9.95. The van der Waals surface area contributed by atoms with Gasteiger partial charge in [-0.2, -0.15) is 11.3 Å². The minimum absolute atomic E-state index is 0.0824. The number of anilines is 1. The first-order valence-corrected chi connectivity index (χ1v) is 9.73. The molecule has 2 amide bonds. The molecule has 2 heterocycles. The van der Waals surface area contributed by atoms with E-state index in [0.29, 0.717) is 49.8 Å². The zero-order valence-corrected chi connectivity index (χ0v) is 15.6. The van der Waals surface area contributed by atoms with Crippen LogP contribution in [0.15, 0.2) is 35.0 Å². The third-order valence-corrected chi connectivity index (χ3v) is 4.98. The summed E-state index contributed by atoms with van der Waals surface area (Å²) in [5, 5.41) is 18.4. The molecule has 0 fully saturated rings. The second-order valence-electron chi connectivity index (χ2n) is 6.12. The topological polar surface area (TPSA) is 96.9 Å². The lowest BCUT2D eigenvalue weighted by Gasteiger charge is -2.19. The van der Waals surface area contributed by atoms with Gasteiger partial charge in [0, 0.05) is 24.9 Å². The molecule has 0 spiro atoms. The number of fused-ring (bicyclic) bond motifs is 1. The third kappa shape index (κ3) is 5.21. The first-order valence-electron chi connectivity index (χ1n) is 8.79. The summed E-state index contributed by atoms with van der Waals surface area (Å²) in [4.78, 5) is 24.1. The van der Waals surface area contributed by atoms with Crippen molar-refractivity contribution in [2.24, 2.45) is 0 Å². The molecule has 3 N–H and O–H groups in total. The molecule has 27 heavy (non-hydrogen) atoms. The Hall–Kier alpha value is -2.58. The Kier molecular flexibility index (Phi) is 6.67. The van der Waals surface area contributed by atoms with E-state index in [1.807, 2.05) is 16.8 Å². The Balaban J connectivity index is 1.48. The number of hydrogen-bond donors (Lipinski definition) is 3. The van der Waals surface area contributed by atoms with Gasteiger partial charge < -0.3 is 25.2 Å². The number of aliphatic hydroxyl groups is 1. The van der Waals surface area contributed by atoms with Crippen LogP contribution in [0.1, 0.15) is 24.3 Å². The number of ether oxygens (including phenoxy) is 2. The fourth-order valence-electron chi connectivity index (χ4n) is 2.89. The Bertz CT molecular complexity index is 778. The Labute approximate surface area is 161 Å². The van der Waals surface area contributed by atoms with E-state index in [9.17, 15) is 14.7 Å². The van der Waals surface area contributed by atoms with Gasteiger partial charge in [0.25, 0.3) is 0 Å². The van der Waals surface area contributed by atoms with Crippen molar-refractivity contribution < 1.29 is 24.2 Å². The molecule has 2 aromatic rings. The van der Waals surface area contributed by atoms with Crippen molar-refractivity contribution in [2.45, 2.75) is 18.8 Å². The highest BCUT2D eigenvalue weighted by atomic mass is 32.1. The van der Waals surface area contributed by atoms with Crippen LogP contribution < -0.4 is 20.1 Å². The maximum absolute atomic E-state index is 12.1. The molecule has 1 aliphatic rings. The van der Waals surface area contributed by atoms with Gasteiger partial charge in [-0.15, -0.1) is 0 Å². The summed E-state index contributed by atoms with van der Waals surface area (Å²) < 4.78 is 10.9. The van der Waals surface area contributed by atoms with Gasteiger partial charge in [-0.1, -0.05) is 0 Å². The van der Waals surface area contributed by atoms with Crippen LogP contribution >= 0.6 is 11.3 Å². The lowest BCUT2D eigenvalue weighted by molar-refractivity contribution is -0.136. The van der Waals surface area contributed by atoms with Crippen molar-refractivity contribution in [1.29, 1.82) is 0 Å². The second-order valence-corrected chi connectivity index (χ2v) is 6.90. The van der Waals surface area contributed by atoms with Crippen molar-refractivity contribution in [3.05, 3.63) is 40.6 Å². The molecule has 1 atom stereocenters. The van der Waals surface area contributed by atoms with Crippen LogP contribution in [0.2, 0.25) is 0 Å². The monoisotopic (exact) mass is 390 g/mol. The van der Waals surface area contributed by atoms with E-state index in [0.717, 1.165) is 5.56 Å². The van der Waals surface area contributed by atoms with Gasteiger partial charge in [0.2, 0.25) is 0 Å². The molecule has 0 saturated heterocycles. The van der Waals surface area contributed by atoms with Crippen LogP contribution in [0.5, 0.6) is 11.5 Å². The molecule has 1 aromatic heterocycles. The molecule has 1 aliphatic heterocycles. The fraction of sp³-hybridized carbons (Fsp3) is 0.368. The van der Waals surface area contributed by atoms with Crippen LogP contribution in [0.4, 0.5) is 5.69 Å². The Morgan fingerprint density at radius 3 is 2.67 bits per heavy atom. The minimum atomic E-state index is -0.735.